The summed E-state index contributed by atoms with van der Waals surface area (Å²) in [5.41, 5.74) is 3.84. The first kappa shape index (κ1) is 16.9. The highest BCUT2D eigenvalue weighted by molar-refractivity contribution is 9.10. The van der Waals surface area contributed by atoms with Crippen LogP contribution in [0.3, 0.4) is 0 Å². The van der Waals surface area contributed by atoms with Crippen molar-refractivity contribution < 1.29 is 13.9 Å². The fourth-order valence-corrected chi connectivity index (χ4v) is 3.18. The first-order valence-corrected chi connectivity index (χ1v) is 9.09. The van der Waals surface area contributed by atoms with Gasteiger partial charge in [0.25, 0.3) is 0 Å². The summed E-state index contributed by atoms with van der Waals surface area (Å²) in [6.45, 7) is 0.947. The average molecular weight is 411 g/mol. The highest BCUT2D eigenvalue weighted by Crippen LogP contribution is 2.37. The summed E-state index contributed by atoms with van der Waals surface area (Å²) < 4.78 is 26.0. The van der Waals surface area contributed by atoms with Crippen LogP contribution >= 0.6 is 15.9 Å². The maximum Gasteiger partial charge on any atom is 0.137 e. The summed E-state index contributed by atoms with van der Waals surface area (Å²) in [6, 6.07) is 20.9. The molecule has 0 bridgehead atoms. The monoisotopic (exact) mass is 410 g/mol. The number of halogens is 2. The molecule has 3 aromatic carbocycles. The van der Waals surface area contributed by atoms with Crippen LogP contribution in [0.1, 0.15) is 16.7 Å². The van der Waals surface area contributed by atoms with E-state index in [1.165, 1.54) is 6.07 Å². The fraction of sp³-hybridized carbons (Fsp3) is 0.0909. The number of ether oxygens (including phenoxy) is 2. The van der Waals surface area contributed by atoms with Gasteiger partial charge in [-0.3, -0.25) is 0 Å². The van der Waals surface area contributed by atoms with Crippen LogP contribution in [-0.2, 0) is 6.61 Å². The maximum atomic E-state index is 13.9. The molecule has 2 nitrogen and oxygen atoms in total. The van der Waals surface area contributed by atoms with E-state index in [0.29, 0.717) is 17.7 Å². The molecule has 0 N–H and O–H groups in total. The molecule has 3 aromatic rings. The Morgan fingerprint density at radius 3 is 2.65 bits per heavy atom. The van der Waals surface area contributed by atoms with Crippen LogP contribution in [0.15, 0.2) is 77.3 Å². The standard InChI is InChI=1S/C22H16BrFO2/c23-20-9-6-16(12-21(20)24)18-10-11-25-22-13-17(7-8-19(18)22)26-14-15-4-2-1-3-5-15/h1-10,12-13H,11,14H2. The Hall–Kier alpha value is -2.59. The molecule has 0 radical (unpaired) electrons. The predicted octanol–water partition coefficient (Wildman–Crippen LogP) is 5.99. The minimum absolute atomic E-state index is 0.278. The van der Waals surface area contributed by atoms with Gasteiger partial charge in [0.1, 0.15) is 30.5 Å². The van der Waals surface area contributed by atoms with E-state index in [2.05, 4.69) is 15.9 Å². The molecule has 4 rings (SSSR count). The summed E-state index contributed by atoms with van der Waals surface area (Å²) in [7, 11) is 0. The molecule has 0 unspecified atom stereocenters. The van der Waals surface area contributed by atoms with Gasteiger partial charge in [-0.25, -0.2) is 4.39 Å². The third kappa shape index (κ3) is 3.51. The molecular weight excluding hydrogens is 395 g/mol. The van der Waals surface area contributed by atoms with Crippen molar-refractivity contribution in [3.63, 3.8) is 0 Å². The molecule has 0 atom stereocenters. The zero-order valence-corrected chi connectivity index (χ0v) is 15.5. The third-order valence-electron chi connectivity index (χ3n) is 4.25. The number of rotatable bonds is 4. The van der Waals surface area contributed by atoms with Gasteiger partial charge in [-0.05, 0) is 63.0 Å². The normalized spacial score (nSPS) is 12.8. The Bertz CT molecular complexity index is 967. The first-order valence-electron chi connectivity index (χ1n) is 8.30. The predicted molar refractivity (Wildman–Crippen MR) is 104 cm³/mol. The second-order valence-corrected chi connectivity index (χ2v) is 6.84. The van der Waals surface area contributed by atoms with E-state index in [0.717, 1.165) is 33.8 Å². The number of benzene rings is 3. The van der Waals surface area contributed by atoms with Crippen LogP contribution in [-0.4, -0.2) is 6.61 Å². The smallest absolute Gasteiger partial charge is 0.137 e. The minimum atomic E-state index is -0.278. The van der Waals surface area contributed by atoms with E-state index in [9.17, 15) is 4.39 Å². The topological polar surface area (TPSA) is 18.5 Å². The van der Waals surface area contributed by atoms with Crippen molar-refractivity contribution in [3.8, 4) is 11.5 Å². The summed E-state index contributed by atoms with van der Waals surface area (Å²) in [6.07, 6.45) is 1.97. The van der Waals surface area contributed by atoms with Crippen molar-refractivity contribution in [1.29, 1.82) is 0 Å². The molecular formula is C22H16BrFO2. The maximum absolute atomic E-state index is 13.9. The second kappa shape index (κ2) is 7.34. The lowest BCUT2D eigenvalue weighted by atomic mass is 9.95. The number of hydrogen-bond acceptors (Lipinski definition) is 2. The molecule has 0 spiro atoms. The van der Waals surface area contributed by atoms with Crippen molar-refractivity contribution in [2.75, 3.05) is 6.61 Å². The van der Waals surface area contributed by atoms with Gasteiger partial charge in [0.15, 0.2) is 0 Å². The Labute approximate surface area is 160 Å². The third-order valence-corrected chi connectivity index (χ3v) is 4.89. The molecule has 26 heavy (non-hydrogen) atoms. The molecule has 0 saturated heterocycles. The van der Waals surface area contributed by atoms with E-state index in [4.69, 9.17) is 9.47 Å². The summed E-state index contributed by atoms with van der Waals surface area (Å²) in [5, 5.41) is 0. The van der Waals surface area contributed by atoms with E-state index >= 15 is 0 Å². The Morgan fingerprint density at radius 2 is 1.85 bits per heavy atom. The lowest BCUT2D eigenvalue weighted by Gasteiger charge is -2.20. The summed E-state index contributed by atoms with van der Waals surface area (Å²) in [4.78, 5) is 0. The average Bonchev–Trinajstić information content (AvgIpc) is 2.68. The number of hydrogen-bond donors (Lipinski definition) is 0. The Morgan fingerprint density at radius 1 is 1.00 bits per heavy atom. The molecule has 0 amide bonds. The van der Waals surface area contributed by atoms with Gasteiger partial charge in [-0.2, -0.15) is 0 Å². The van der Waals surface area contributed by atoms with Gasteiger partial charge in [-0.15, -0.1) is 0 Å². The zero-order chi connectivity index (χ0) is 17.9. The minimum Gasteiger partial charge on any atom is -0.489 e. The van der Waals surface area contributed by atoms with Crippen molar-refractivity contribution in [1.82, 2.24) is 0 Å². The highest BCUT2D eigenvalue weighted by atomic mass is 79.9. The van der Waals surface area contributed by atoms with E-state index in [1.54, 1.807) is 6.07 Å². The van der Waals surface area contributed by atoms with Gasteiger partial charge in [0.2, 0.25) is 0 Å². The van der Waals surface area contributed by atoms with Gasteiger partial charge < -0.3 is 9.47 Å². The van der Waals surface area contributed by atoms with Crippen LogP contribution in [0.2, 0.25) is 0 Å². The highest BCUT2D eigenvalue weighted by Gasteiger charge is 2.17. The van der Waals surface area contributed by atoms with Crippen LogP contribution in [0.25, 0.3) is 5.57 Å². The quantitative estimate of drug-likeness (QED) is 0.525. The van der Waals surface area contributed by atoms with Crippen LogP contribution in [0, 0.1) is 5.82 Å². The van der Waals surface area contributed by atoms with Crippen LogP contribution in [0.4, 0.5) is 4.39 Å². The van der Waals surface area contributed by atoms with E-state index < -0.39 is 0 Å². The molecule has 0 fully saturated rings. The molecule has 130 valence electrons. The molecule has 1 aliphatic heterocycles. The van der Waals surface area contributed by atoms with Crippen molar-refractivity contribution in [2.24, 2.45) is 0 Å². The molecule has 0 saturated carbocycles. The SMILES string of the molecule is Fc1cc(C2=CCOc3cc(OCc4ccccc4)ccc32)ccc1Br. The van der Waals surface area contributed by atoms with Crippen LogP contribution < -0.4 is 9.47 Å². The molecule has 0 aromatic heterocycles. The van der Waals surface area contributed by atoms with Gasteiger partial charge in [0.05, 0.1) is 4.47 Å². The Kier molecular flexibility index (Phi) is 4.76. The van der Waals surface area contributed by atoms with Gasteiger partial charge in [-0.1, -0.05) is 36.4 Å². The Balaban J connectivity index is 1.58. The number of fused-ring (bicyclic) bond motifs is 1. The first-order chi connectivity index (χ1) is 12.7. The summed E-state index contributed by atoms with van der Waals surface area (Å²) in [5.74, 6) is 1.21. The van der Waals surface area contributed by atoms with Crippen molar-refractivity contribution in [2.45, 2.75) is 6.61 Å². The lowest BCUT2D eigenvalue weighted by Crippen LogP contribution is -2.06. The second-order valence-electron chi connectivity index (χ2n) is 5.99. The van der Waals surface area contributed by atoms with Gasteiger partial charge in [0, 0.05) is 11.6 Å². The zero-order valence-electron chi connectivity index (χ0n) is 13.9. The van der Waals surface area contributed by atoms with Gasteiger partial charge >= 0.3 is 0 Å². The summed E-state index contributed by atoms with van der Waals surface area (Å²) >= 11 is 3.20. The van der Waals surface area contributed by atoms with Crippen molar-refractivity contribution in [3.05, 3.63) is 99.8 Å². The lowest BCUT2D eigenvalue weighted by molar-refractivity contribution is 0.301. The molecule has 1 aliphatic rings. The molecule has 4 heteroatoms. The molecule has 0 aliphatic carbocycles. The largest absolute Gasteiger partial charge is 0.489 e. The molecule has 1 heterocycles. The van der Waals surface area contributed by atoms with E-state index in [1.807, 2.05) is 60.7 Å². The van der Waals surface area contributed by atoms with Crippen LogP contribution in [0.5, 0.6) is 11.5 Å². The van der Waals surface area contributed by atoms with E-state index in [-0.39, 0.29) is 5.82 Å². The van der Waals surface area contributed by atoms with Crippen molar-refractivity contribution >= 4 is 21.5 Å². The fourth-order valence-electron chi connectivity index (χ4n) is 2.94.